The minimum Gasteiger partial charge on any atom is -0.489 e. The number of halogens is 6. The first-order chi connectivity index (χ1) is 32.2. The molecule has 0 bridgehead atoms. The molecule has 0 fully saturated rings. The number of anilines is 4. The minimum absolute atomic E-state index is 0.0804. The Morgan fingerprint density at radius 2 is 1.09 bits per heavy atom. The number of aromatic amines is 1. The molecule has 0 radical (unpaired) electrons. The summed E-state index contributed by atoms with van der Waals surface area (Å²) in [5.41, 5.74) is 5.24. The predicted octanol–water partition coefficient (Wildman–Crippen LogP) is 10.4. The summed E-state index contributed by atoms with van der Waals surface area (Å²) in [6, 6.07) is 31.1. The molecule has 0 spiro atoms. The molecule has 0 saturated heterocycles. The van der Waals surface area contributed by atoms with E-state index in [2.05, 4.69) is 57.1 Å². The zero-order valence-electron chi connectivity index (χ0n) is 36.1. The Kier molecular flexibility index (Phi) is 13.4. The van der Waals surface area contributed by atoms with Crippen molar-refractivity contribution >= 4 is 23.0 Å². The van der Waals surface area contributed by atoms with Crippen molar-refractivity contribution in [1.29, 1.82) is 5.26 Å². The van der Waals surface area contributed by atoms with E-state index in [9.17, 15) is 26.3 Å². The van der Waals surface area contributed by atoms with Gasteiger partial charge >= 0.3 is 12.4 Å². The van der Waals surface area contributed by atoms with Gasteiger partial charge in [-0.2, -0.15) is 36.8 Å². The summed E-state index contributed by atoms with van der Waals surface area (Å²) < 4.78 is 89.1. The molecule has 0 saturated carbocycles. The third-order valence-electron chi connectivity index (χ3n) is 11.2. The van der Waals surface area contributed by atoms with Gasteiger partial charge in [0.2, 0.25) is 5.82 Å². The highest BCUT2D eigenvalue weighted by Gasteiger charge is 2.32. The minimum atomic E-state index is -4.36. The maximum Gasteiger partial charge on any atom is 0.416 e. The molecule has 4 aromatic carbocycles. The smallest absolute Gasteiger partial charge is 0.416 e. The van der Waals surface area contributed by atoms with Crippen LogP contribution in [0.25, 0.3) is 11.4 Å². The number of alkyl halides is 6. The van der Waals surface area contributed by atoms with Crippen molar-refractivity contribution in [3.63, 3.8) is 0 Å². The van der Waals surface area contributed by atoms with Crippen molar-refractivity contribution in [2.45, 2.75) is 51.4 Å². The average molecular weight is 920 g/mol. The van der Waals surface area contributed by atoms with E-state index in [1.54, 1.807) is 36.7 Å². The van der Waals surface area contributed by atoms with Gasteiger partial charge in [-0.05, 0) is 77.7 Å². The lowest BCUT2D eigenvalue weighted by atomic mass is 10.1. The van der Waals surface area contributed by atoms with Gasteiger partial charge < -0.3 is 29.9 Å². The fourth-order valence-corrected chi connectivity index (χ4v) is 7.67. The van der Waals surface area contributed by atoms with Crippen LogP contribution in [0, 0.1) is 11.3 Å². The Hall–Kier alpha value is -7.88. The molecule has 0 unspecified atom stereocenters. The van der Waals surface area contributed by atoms with Crippen molar-refractivity contribution < 1.29 is 35.8 Å². The average Bonchev–Trinajstić information content (AvgIpc) is 3.88. The summed E-state index contributed by atoms with van der Waals surface area (Å²) in [5, 5.41) is 29.8. The normalized spacial score (nSPS) is 14.2. The highest BCUT2D eigenvalue weighted by atomic mass is 19.4. The van der Waals surface area contributed by atoms with Crippen molar-refractivity contribution in [3.05, 3.63) is 161 Å². The molecule has 2 aliphatic rings. The Morgan fingerprint density at radius 1 is 0.642 bits per heavy atom. The number of tetrazole rings is 1. The van der Waals surface area contributed by atoms with Gasteiger partial charge in [0.25, 0.3) is 0 Å². The first-order valence-electron chi connectivity index (χ1n) is 21.2. The number of pyridine rings is 2. The summed E-state index contributed by atoms with van der Waals surface area (Å²) in [6.07, 6.45) is -5.37. The second-order valence-corrected chi connectivity index (χ2v) is 15.8. The topological polar surface area (TPSA) is 153 Å². The van der Waals surface area contributed by atoms with Crippen LogP contribution >= 0.6 is 0 Å². The second-order valence-electron chi connectivity index (χ2n) is 15.8. The predicted molar refractivity (Wildman–Crippen MR) is 239 cm³/mol. The van der Waals surface area contributed by atoms with Gasteiger partial charge in [-0.25, -0.2) is 9.97 Å². The van der Waals surface area contributed by atoms with E-state index < -0.39 is 23.5 Å². The number of ether oxygens (including phenoxy) is 2. The lowest BCUT2D eigenvalue weighted by Gasteiger charge is -2.33. The van der Waals surface area contributed by atoms with E-state index in [0.29, 0.717) is 73.9 Å². The lowest BCUT2D eigenvalue weighted by Crippen LogP contribution is -2.33. The van der Waals surface area contributed by atoms with Gasteiger partial charge in [-0.15, -0.1) is 10.2 Å². The number of hydrogen-bond donors (Lipinski definition) is 3. The quantitative estimate of drug-likeness (QED) is 0.106. The fraction of sp³-hybridized carbons (Fsp3) is 0.250. The first kappa shape index (κ1) is 45.7. The Bertz CT molecular complexity index is 2780. The van der Waals surface area contributed by atoms with Crippen LogP contribution in [0.15, 0.2) is 122 Å². The number of hydrogen-bond acceptors (Lipinski definition) is 12. The van der Waals surface area contributed by atoms with Crippen LogP contribution in [0.4, 0.5) is 49.4 Å². The third kappa shape index (κ3) is 11.0. The molecule has 3 aromatic heterocycles. The standard InChI is InChI=1S/C24H22F3N7O.C24H21F3N4O/c1-15(17-4-6-18(7-5-17)22-30-32-33-31-22)29-23-21-20(10-11-28-23)35-13-12-34(21)14-16-2-8-19(9-3-16)24(25,26)27;1-16(19-6-2-17(14-28)3-7-19)30-23-22-21(10-11-29-23)32-13-12-31(22)15-18-4-8-20(9-5-18)24(25,26)27/h2-11,15H,12-14H2,1H3,(H,28,29)(H,30,31,32,33);2-11,16H,12-13,15H2,1H3,(H,29,30)/t15-;16-/m00/s1. The van der Waals surface area contributed by atoms with E-state index >= 15 is 0 Å². The number of benzene rings is 4. The van der Waals surface area contributed by atoms with Crippen LogP contribution in [0.5, 0.6) is 11.5 Å². The van der Waals surface area contributed by atoms with Gasteiger partial charge in [0.1, 0.15) is 36.1 Å². The van der Waals surface area contributed by atoms with E-state index in [1.807, 2.05) is 50.2 Å². The third-order valence-corrected chi connectivity index (χ3v) is 11.2. The summed E-state index contributed by atoms with van der Waals surface area (Å²) in [6.45, 7) is 7.00. The summed E-state index contributed by atoms with van der Waals surface area (Å²) in [4.78, 5) is 13.2. The van der Waals surface area contributed by atoms with Crippen molar-refractivity contribution in [2.24, 2.45) is 0 Å². The molecule has 0 amide bonds. The summed E-state index contributed by atoms with van der Waals surface area (Å²) in [5.74, 6) is 3.15. The van der Waals surface area contributed by atoms with Crippen LogP contribution in [-0.4, -0.2) is 56.9 Å². The Balaban J connectivity index is 0.000000182. The van der Waals surface area contributed by atoms with Gasteiger partial charge in [0.05, 0.1) is 47.9 Å². The highest BCUT2D eigenvalue weighted by Crippen LogP contribution is 2.41. The van der Waals surface area contributed by atoms with E-state index in [0.717, 1.165) is 63.5 Å². The maximum absolute atomic E-state index is 12.9. The number of rotatable bonds is 11. The molecule has 13 nitrogen and oxygen atoms in total. The van der Waals surface area contributed by atoms with Gasteiger partial charge in [0, 0.05) is 43.2 Å². The summed E-state index contributed by atoms with van der Waals surface area (Å²) in [7, 11) is 0. The first-order valence-corrected chi connectivity index (χ1v) is 21.2. The molecule has 67 heavy (non-hydrogen) atoms. The molecular formula is C48H43F6N11O2. The number of nitrogens with one attached hydrogen (secondary N) is 3. The van der Waals surface area contributed by atoms with Gasteiger partial charge in [0.15, 0.2) is 11.6 Å². The molecule has 9 rings (SSSR count). The molecular weight excluding hydrogens is 877 g/mol. The molecule has 5 heterocycles. The van der Waals surface area contributed by atoms with Crippen LogP contribution in [0.3, 0.4) is 0 Å². The molecule has 19 heteroatoms. The maximum atomic E-state index is 12.9. The molecule has 0 aliphatic carbocycles. The van der Waals surface area contributed by atoms with E-state index in [-0.39, 0.29) is 12.1 Å². The zero-order chi connectivity index (χ0) is 47.1. The van der Waals surface area contributed by atoms with Crippen LogP contribution in [0.1, 0.15) is 64.9 Å². The van der Waals surface area contributed by atoms with Crippen LogP contribution in [-0.2, 0) is 25.4 Å². The molecule has 7 aromatic rings. The van der Waals surface area contributed by atoms with E-state index in [4.69, 9.17) is 14.7 Å². The fourth-order valence-electron chi connectivity index (χ4n) is 7.67. The Morgan fingerprint density at radius 3 is 1.49 bits per heavy atom. The van der Waals surface area contributed by atoms with Gasteiger partial charge in [-0.1, -0.05) is 60.7 Å². The number of aromatic nitrogens is 6. The lowest BCUT2D eigenvalue weighted by molar-refractivity contribution is -0.138. The molecule has 3 N–H and O–H groups in total. The highest BCUT2D eigenvalue weighted by molar-refractivity contribution is 5.76. The molecule has 2 aliphatic heterocycles. The van der Waals surface area contributed by atoms with Crippen molar-refractivity contribution in [2.75, 3.05) is 46.7 Å². The largest absolute Gasteiger partial charge is 0.489 e. The number of nitrogens with zero attached hydrogens (tertiary/aromatic N) is 8. The van der Waals surface area contributed by atoms with Crippen LogP contribution in [0.2, 0.25) is 0 Å². The van der Waals surface area contributed by atoms with E-state index in [1.165, 1.54) is 24.3 Å². The van der Waals surface area contributed by atoms with Gasteiger partial charge in [-0.3, -0.25) is 0 Å². The molecule has 2 atom stereocenters. The monoisotopic (exact) mass is 919 g/mol. The van der Waals surface area contributed by atoms with Crippen molar-refractivity contribution in [1.82, 2.24) is 30.6 Å². The zero-order valence-corrected chi connectivity index (χ0v) is 36.1. The van der Waals surface area contributed by atoms with Crippen molar-refractivity contribution in [3.8, 4) is 29.0 Å². The SMILES string of the molecule is C[C@H](Nc1nccc2c1N(Cc1ccc(C(F)(F)F)cc1)CCO2)c1ccc(-c2nn[nH]n2)cc1.C[C@H](Nc1nccc2c1N(Cc1ccc(C(F)(F)F)cc1)CCO2)c1ccc(C#N)cc1. The van der Waals surface area contributed by atoms with Crippen LogP contribution < -0.4 is 29.9 Å². The number of fused-ring (bicyclic) bond motifs is 2. The Labute approximate surface area is 381 Å². The summed E-state index contributed by atoms with van der Waals surface area (Å²) >= 11 is 0. The second kappa shape index (κ2) is 19.7. The number of nitriles is 1. The molecule has 344 valence electrons. The number of H-pyrrole nitrogens is 1.